The van der Waals surface area contributed by atoms with Crippen molar-refractivity contribution >= 4 is 39.0 Å². The molecule has 0 saturated carbocycles. The molecule has 0 saturated heterocycles. The fourth-order valence-electron chi connectivity index (χ4n) is 3.65. The van der Waals surface area contributed by atoms with Crippen LogP contribution in [0.25, 0.3) is 22.2 Å². The number of nitrogens with one attached hydrogen (secondary N) is 2. The van der Waals surface area contributed by atoms with Gasteiger partial charge in [0.15, 0.2) is 5.13 Å². The van der Waals surface area contributed by atoms with Crippen LogP contribution in [0.2, 0.25) is 0 Å². The van der Waals surface area contributed by atoms with E-state index in [1.165, 1.54) is 30.6 Å². The molecule has 9 nitrogen and oxygen atoms in total. The summed E-state index contributed by atoms with van der Waals surface area (Å²) >= 11 is 1.33. The first-order valence-electron chi connectivity index (χ1n) is 10.6. The Bertz CT molecular complexity index is 1420. The van der Waals surface area contributed by atoms with E-state index in [1.807, 2.05) is 17.5 Å². The average molecular weight is 465 g/mol. The molecule has 0 bridgehead atoms. The standard InChI is InChI=1S/C23H24N6O3S/c1-4-29(5-2)15-8-6-14(7-9-15)18-13-33-22(25-18)27-19(30)12-17-20-16(10-11-24-17)26-23(32)28(3)21(20)31/h6-11,13H,4-5,12H2,1-3H3,(H,26,32)(H,25,27,30). The molecule has 0 atom stereocenters. The number of anilines is 2. The van der Waals surface area contributed by atoms with Gasteiger partial charge >= 0.3 is 5.69 Å². The van der Waals surface area contributed by atoms with Crippen molar-refractivity contribution < 1.29 is 4.79 Å². The van der Waals surface area contributed by atoms with Crippen molar-refractivity contribution in [3.05, 3.63) is 68.4 Å². The molecule has 1 aromatic carbocycles. The van der Waals surface area contributed by atoms with E-state index in [9.17, 15) is 14.4 Å². The van der Waals surface area contributed by atoms with E-state index in [-0.39, 0.29) is 17.7 Å². The highest BCUT2D eigenvalue weighted by atomic mass is 32.1. The molecule has 1 amide bonds. The molecule has 2 N–H and O–H groups in total. The highest BCUT2D eigenvalue weighted by Gasteiger charge is 2.15. The maximum absolute atomic E-state index is 12.6. The van der Waals surface area contributed by atoms with E-state index in [4.69, 9.17) is 0 Å². The van der Waals surface area contributed by atoms with Crippen LogP contribution in [-0.2, 0) is 18.3 Å². The van der Waals surface area contributed by atoms with Crippen LogP contribution < -0.4 is 21.5 Å². The number of thiazole rings is 1. The Morgan fingerprint density at radius 1 is 1.15 bits per heavy atom. The second kappa shape index (κ2) is 9.37. The lowest BCUT2D eigenvalue weighted by Gasteiger charge is -2.20. The Balaban J connectivity index is 1.50. The summed E-state index contributed by atoms with van der Waals surface area (Å²) in [5, 5.41) is 5.35. The zero-order chi connectivity index (χ0) is 23.5. The highest BCUT2D eigenvalue weighted by molar-refractivity contribution is 7.14. The van der Waals surface area contributed by atoms with Crippen LogP contribution in [0.1, 0.15) is 19.5 Å². The second-order valence-corrected chi connectivity index (χ2v) is 8.31. The van der Waals surface area contributed by atoms with Crippen LogP contribution >= 0.6 is 11.3 Å². The van der Waals surface area contributed by atoms with Gasteiger partial charge in [-0.1, -0.05) is 12.1 Å². The minimum absolute atomic E-state index is 0.119. The van der Waals surface area contributed by atoms with Gasteiger partial charge < -0.3 is 15.2 Å². The predicted octanol–water partition coefficient (Wildman–Crippen LogP) is 2.77. The Morgan fingerprint density at radius 3 is 2.58 bits per heavy atom. The molecule has 0 radical (unpaired) electrons. The molecule has 4 aromatic rings. The molecule has 0 aliphatic rings. The SMILES string of the molecule is CCN(CC)c1ccc(-c2csc(NC(=O)Cc3nccc4[nH]c(=O)n(C)c(=O)c34)n2)cc1. The number of carbonyl (C=O) groups excluding carboxylic acids is 1. The first kappa shape index (κ1) is 22.4. The predicted molar refractivity (Wildman–Crippen MR) is 131 cm³/mol. The van der Waals surface area contributed by atoms with Crippen molar-refractivity contribution in [1.82, 2.24) is 19.5 Å². The van der Waals surface area contributed by atoms with Gasteiger partial charge in [0, 0.05) is 43.0 Å². The molecule has 33 heavy (non-hydrogen) atoms. The minimum Gasteiger partial charge on any atom is -0.372 e. The summed E-state index contributed by atoms with van der Waals surface area (Å²) in [6, 6.07) is 9.71. The van der Waals surface area contributed by atoms with Gasteiger partial charge in [0.25, 0.3) is 5.56 Å². The van der Waals surface area contributed by atoms with Crippen molar-refractivity contribution in [3.8, 4) is 11.3 Å². The van der Waals surface area contributed by atoms with E-state index < -0.39 is 11.2 Å². The van der Waals surface area contributed by atoms with Crippen LogP contribution in [0.5, 0.6) is 0 Å². The summed E-state index contributed by atoms with van der Waals surface area (Å²) in [6.45, 7) is 6.13. The van der Waals surface area contributed by atoms with Gasteiger partial charge in [0.05, 0.1) is 28.7 Å². The van der Waals surface area contributed by atoms with Crippen LogP contribution in [0.3, 0.4) is 0 Å². The zero-order valence-electron chi connectivity index (χ0n) is 18.6. The fourth-order valence-corrected chi connectivity index (χ4v) is 4.39. The monoisotopic (exact) mass is 464 g/mol. The Hall–Kier alpha value is -3.79. The topological polar surface area (TPSA) is 113 Å². The third kappa shape index (κ3) is 4.56. The summed E-state index contributed by atoms with van der Waals surface area (Å²) in [4.78, 5) is 50.6. The van der Waals surface area contributed by atoms with Crippen molar-refractivity contribution in [2.75, 3.05) is 23.3 Å². The lowest BCUT2D eigenvalue weighted by molar-refractivity contribution is -0.115. The summed E-state index contributed by atoms with van der Waals surface area (Å²) in [5.74, 6) is -0.346. The minimum atomic E-state index is -0.519. The first-order valence-corrected chi connectivity index (χ1v) is 11.5. The molecular formula is C23H24N6O3S. The van der Waals surface area contributed by atoms with Crippen LogP contribution in [0.15, 0.2) is 51.5 Å². The smallest absolute Gasteiger partial charge is 0.328 e. The van der Waals surface area contributed by atoms with Crippen molar-refractivity contribution in [3.63, 3.8) is 0 Å². The maximum Gasteiger partial charge on any atom is 0.328 e. The third-order valence-corrected chi connectivity index (χ3v) is 6.22. The Morgan fingerprint density at radius 2 is 1.88 bits per heavy atom. The van der Waals surface area contributed by atoms with Gasteiger partial charge in [-0.05, 0) is 32.0 Å². The summed E-state index contributed by atoms with van der Waals surface area (Å²) < 4.78 is 0.962. The lowest BCUT2D eigenvalue weighted by atomic mass is 10.1. The van der Waals surface area contributed by atoms with E-state index in [2.05, 4.69) is 51.1 Å². The van der Waals surface area contributed by atoms with E-state index in [0.29, 0.717) is 16.3 Å². The zero-order valence-corrected chi connectivity index (χ0v) is 19.4. The van der Waals surface area contributed by atoms with Crippen LogP contribution in [0.4, 0.5) is 10.8 Å². The third-order valence-electron chi connectivity index (χ3n) is 5.46. The molecule has 3 aromatic heterocycles. The normalized spacial score (nSPS) is 11.0. The highest BCUT2D eigenvalue weighted by Crippen LogP contribution is 2.27. The largest absolute Gasteiger partial charge is 0.372 e. The number of fused-ring (bicyclic) bond motifs is 1. The van der Waals surface area contributed by atoms with Crippen LogP contribution in [0, 0.1) is 0 Å². The van der Waals surface area contributed by atoms with Gasteiger partial charge in [-0.2, -0.15) is 0 Å². The molecule has 4 rings (SSSR count). The number of pyridine rings is 1. The molecule has 170 valence electrons. The number of benzene rings is 1. The van der Waals surface area contributed by atoms with Crippen molar-refractivity contribution in [1.29, 1.82) is 0 Å². The number of hydrogen-bond donors (Lipinski definition) is 2. The first-order chi connectivity index (χ1) is 15.9. The number of nitrogens with zero attached hydrogens (tertiary/aromatic N) is 4. The quantitative estimate of drug-likeness (QED) is 0.435. The van der Waals surface area contributed by atoms with Gasteiger partial charge in [-0.3, -0.25) is 19.1 Å². The van der Waals surface area contributed by atoms with Gasteiger partial charge in [-0.25, -0.2) is 9.78 Å². The van der Waals surface area contributed by atoms with Crippen molar-refractivity contribution in [2.24, 2.45) is 7.05 Å². The van der Waals surface area contributed by atoms with Gasteiger partial charge in [-0.15, -0.1) is 11.3 Å². The Kier molecular flexibility index (Phi) is 6.36. The number of rotatable bonds is 7. The van der Waals surface area contributed by atoms with Gasteiger partial charge in [0.1, 0.15) is 0 Å². The molecule has 3 heterocycles. The summed E-state index contributed by atoms with van der Waals surface area (Å²) in [6.07, 6.45) is 1.34. The number of aromatic nitrogens is 4. The maximum atomic E-state index is 12.6. The van der Waals surface area contributed by atoms with Crippen LogP contribution in [-0.4, -0.2) is 38.5 Å². The van der Waals surface area contributed by atoms with E-state index >= 15 is 0 Å². The molecule has 10 heteroatoms. The number of amides is 1. The molecular weight excluding hydrogens is 440 g/mol. The lowest BCUT2D eigenvalue weighted by Crippen LogP contribution is -2.33. The second-order valence-electron chi connectivity index (χ2n) is 7.46. The van der Waals surface area contributed by atoms with Crippen molar-refractivity contribution in [2.45, 2.75) is 20.3 Å². The number of H-pyrrole nitrogens is 1. The molecule has 0 aliphatic heterocycles. The fraction of sp³-hybridized carbons (Fsp3) is 0.261. The summed E-state index contributed by atoms with van der Waals surface area (Å²) in [7, 11) is 1.38. The molecule has 0 spiro atoms. The van der Waals surface area contributed by atoms with E-state index in [0.717, 1.165) is 34.6 Å². The Labute approximate surface area is 193 Å². The van der Waals surface area contributed by atoms with Gasteiger partial charge in [0.2, 0.25) is 5.91 Å². The number of carbonyl (C=O) groups is 1. The van der Waals surface area contributed by atoms with E-state index in [1.54, 1.807) is 0 Å². The molecule has 0 fully saturated rings. The molecule has 0 aliphatic carbocycles. The number of hydrogen-bond acceptors (Lipinski definition) is 7. The summed E-state index contributed by atoms with van der Waals surface area (Å²) in [5.41, 5.74) is 2.53. The molecule has 0 unspecified atom stereocenters. The average Bonchev–Trinajstić information content (AvgIpc) is 3.27. The number of aromatic amines is 1.